The standard InChI is InChI=1S/C65H125NO10/c1-3-5-7-9-11-13-32-37-41-45-49-53-61(70)74-54-50-46-42-38-34-31-29-27-25-23-21-19-17-15-14-16-18-20-22-24-26-28-30-33-36-40-44-48-52-60(69)66-57(58(68)51-47-43-39-35-12-10-8-6-4-2)56-75-65-64(73)63(72)62(71)59(55-67)76-65/h47,51,57-59,62-65,67-68,71-73H,3-46,48-50,52-56H2,1-2H3,(H,66,69)/b51-47+. The number of aliphatic hydroxyl groups is 5. The Balaban J connectivity index is 1.93. The van der Waals surface area contributed by atoms with E-state index in [-0.39, 0.29) is 18.5 Å². The monoisotopic (exact) mass is 1080 g/mol. The Morgan fingerprint density at radius 2 is 0.829 bits per heavy atom. The van der Waals surface area contributed by atoms with Gasteiger partial charge < -0.3 is 45.1 Å². The van der Waals surface area contributed by atoms with Crippen LogP contribution in [0.15, 0.2) is 12.2 Å². The maximum Gasteiger partial charge on any atom is 0.305 e. The quantitative estimate of drug-likeness (QED) is 0.0195. The van der Waals surface area contributed by atoms with E-state index in [0.717, 1.165) is 51.4 Å². The van der Waals surface area contributed by atoms with Crippen molar-refractivity contribution in [1.29, 1.82) is 0 Å². The number of hydrogen-bond donors (Lipinski definition) is 6. The van der Waals surface area contributed by atoms with Gasteiger partial charge in [0.15, 0.2) is 6.29 Å². The Hall–Kier alpha value is -1.60. The van der Waals surface area contributed by atoms with E-state index in [1.165, 1.54) is 250 Å². The minimum absolute atomic E-state index is 0.00984. The molecule has 1 rings (SSSR count). The fourth-order valence-electron chi connectivity index (χ4n) is 10.7. The van der Waals surface area contributed by atoms with Crippen molar-refractivity contribution in [2.75, 3.05) is 19.8 Å². The molecule has 1 aliphatic rings. The number of rotatable bonds is 58. The normalized spacial score (nSPS) is 18.6. The molecule has 11 heteroatoms. The molecule has 0 saturated carbocycles. The van der Waals surface area contributed by atoms with Crippen LogP contribution in [0.25, 0.3) is 0 Å². The highest BCUT2D eigenvalue weighted by Gasteiger charge is 2.44. The molecule has 0 aromatic heterocycles. The van der Waals surface area contributed by atoms with Crippen molar-refractivity contribution < 1.29 is 49.3 Å². The van der Waals surface area contributed by atoms with Crippen molar-refractivity contribution in [3.8, 4) is 0 Å². The summed E-state index contributed by atoms with van der Waals surface area (Å²) in [5.41, 5.74) is 0. The van der Waals surface area contributed by atoms with Gasteiger partial charge in [-0.2, -0.15) is 0 Å². The number of carbonyl (C=O) groups is 2. The fraction of sp³-hybridized carbons (Fsp3) is 0.938. The molecule has 1 aliphatic heterocycles. The number of ether oxygens (including phenoxy) is 3. The zero-order valence-electron chi connectivity index (χ0n) is 49.7. The van der Waals surface area contributed by atoms with Gasteiger partial charge in [-0.05, 0) is 32.1 Å². The summed E-state index contributed by atoms with van der Waals surface area (Å²) in [5, 5.41) is 54.3. The van der Waals surface area contributed by atoms with Crippen LogP contribution in [-0.4, -0.2) is 100 Å². The summed E-state index contributed by atoms with van der Waals surface area (Å²) < 4.78 is 16.7. The highest BCUT2D eigenvalue weighted by atomic mass is 16.7. The lowest BCUT2D eigenvalue weighted by Gasteiger charge is -2.40. The Bertz CT molecular complexity index is 1270. The van der Waals surface area contributed by atoms with Gasteiger partial charge in [0.05, 0.1) is 32.0 Å². The van der Waals surface area contributed by atoms with Gasteiger partial charge in [0, 0.05) is 12.8 Å². The van der Waals surface area contributed by atoms with E-state index in [9.17, 15) is 35.1 Å². The van der Waals surface area contributed by atoms with Crippen molar-refractivity contribution in [3.05, 3.63) is 12.2 Å². The SMILES string of the molecule is CCCCCCCCC/C=C/C(O)C(COC1OC(CO)C(O)C(O)C1O)NC(=O)CCCCCCCCCCCCCCCCCCCCCCCCCCCCCCOC(=O)CCCCCCCCCCCCC. The van der Waals surface area contributed by atoms with E-state index < -0.39 is 49.5 Å². The maximum atomic E-state index is 13.0. The first-order valence-electron chi connectivity index (χ1n) is 33.0. The lowest BCUT2D eigenvalue weighted by molar-refractivity contribution is -0.302. The molecule has 76 heavy (non-hydrogen) atoms. The Kier molecular flexibility index (Phi) is 52.7. The number of amides is 1. The van der Waals surface area contributed by atoms with E-state index in [4.69, 9.17) is 14.2 Å². The number of allylic oxidation sites excluding steroid dienone is 1. The molecular weight excluding hydrogens is 955 g/mol. The molecule has 0 bridgehead atoms. The fourth-order valence-corrected chi connectivity index (χ4v) is 10.7. The van der Waals surface area contributed by atoms with E-state index in [0.29, 0.717) is 19.4 Å². The van der Waals surface area contributed by atoms with Crippen molar-refractivity contribution in [2.24, 2.45) is 0 Å². The van der Waals surface area contributed by atoms with Gasteiger partial charge in [-0.15, -0.1) is 0 Å². The first-order valence-corrected chi connectivity index (χ1v) is 33.0. The summed E-state index contributed by atoms with van der Waals surface area (Å²) in [6.45, 7) is 4.34. The van der Waals surface area contributed by atoms with Crippen molar-refractivity contribution in [3.63, 3.8) is 0 Å². The van der Waals surface area contributed by atoms with Crippen LogP contribution in [0.3, 0.4) is 0 Å². The third-order valence-electron chi connectivity index (χ3n) is 15.9. The molecule has 6 N–H and O–H groups in total. The number of esters is 1. The Morgan fingerprint density at radius 1 is 0.474 bits per heavy atom. The van der Waals surface area contributed by atoms with Gasteiger partial charge in [0.1, 0.15) is 24.4 Å². The summed E-state index contributed by atoms with van der Waals surface area (Å²) in [5.74, 6) is -0.169. The lowest BCUT2D eigenvalue weighted by atomic mass is 9.99. The second-order valence-electron chi connectivity index (χ2n) is 23.2. The maximum absolute atomic E-state index is 13.0. The van der Waals surface area contributed by atoms with Gasteiger partial charge in [0.25, 0.3) is 0 Å². The summed E-state index contributed by atoms with van der Waals surface area (Å²) in [6, 6.07) is -0.805. The van der Waals surface area contributed by atoms with Crippen LogP contribution in [-0.2, 0) is 23.8 Å². The van der Waals surface area contributed by atoms with Crippen LogP contribution in [0.4, 0.5) is 0 Å². The minimum atomic E-state index is -1.57. The van der Waals surface area contributed by atoms with Crippen molar-refractivity contribution in [1.82, 2.24) is 5.32 Å². The van der Waals surface area contributed by atoms with Gasteiger partial charge >= 0.3 is 5.97 Å². The minimum Gasteiger partial charge on any atom is -0.466 e. The molecule has 0 aromatic carbocycles. The molecule has 0 radical (unpaired) electrons. The van der Waals surface area contributed by atoms with Crippen LogP contribution in [0.2, 0.25) is 0 Å². The van der Waals surface area contributed by atoms with Crippen molar-refractivity contribution >= 4 is 11.9 Å². The molecule has 0 aromatic rings. The van der Waals surface area contributed by atoms with Crippen LogP contribution < -0.4 is 5.32 Å². The lowest BCUT2D eigenvalue weighted by Crippen LogP contribution is -2.60. The molecule has 1 amide bonds. The molecule has 0 aliphatic carbocycles. The Morgan fingerprint density at radius 3 is 1.22 bits per heavy atom. The van der Waals surface area contributed by atoms with Crippen molar-refractivity contribution in [2.45, 2.75) is 371 Å². The third kappa shape index (κ3) is 44.2. The number of carbonyl (C=O) groups excluding carboxylic acids is 2. The summed E-state index contributed by atoms with van der Waals surface area (Å²) in [7, 11) is 0. The van der Waals surface area contributed by atoms with Gasteiger partial charge in [-0.3, -0.25) is 9.59 Å². The summed E-state index contributed by atoms with van der Waals surface area (Å²) in [6.07, 6.45) is 56.3. The van der Waals surface area contributed by atoms with Gasteiger partial charge in [-0.25, -0.2) is 0 Å². The van der Waals surface area contributed by atoms with Crippen LogP contribution in [0.1, 0.15) is 328 Å². The van der Waals surface area contributed by atoms with Gasteiger partial charge in [-0.1, -0.05) is 296 Å². The van der Waals surface area contributed by atoms with Crippen LogP contribution >= 0.6 is 0 Å². The highest BCUT2D eigenvalue weighted by molar-refractivity contribution is 5.76. The average molecular weight is 1080 g/mol. The Labute approximate surface area is 468 Å². The first-order chi connectivity index (χ1) is 37.2. The molecule has 1 fully saturated rings. The molecule has 1 heterocycles. The van der Waals surface area contributed by atoms with E-state index in [1.807, 2.05) is 6.08 Å². The molecular formula is C65H125NO10. The first kappa shape index (κ1) is 72.4. The molecule has 11 nitrogen and oxygen atoms in total. The summed E-state index contributed by atoms with van der Waals surface area (Å²) >= 11 is 0. The average Bonchev–Trinajstić information content (AvgIpc) is 3.42. The van der Waals surface area contributed by atoms with Crippen LogP contribution in [0, 0.1) is 0 Å². The third-order valence-corrected chi connectivity index (χ3v) is 15.9. The zero-order valence-corrected chi connectivity index (χ0v) is 49.7. The molecule has 7 atom stereocenters. The summed E-state index contributed by atoms with van der Waals surface area (Å²) in [4.78, 5) is 25.0. The molecule has 450 valence electrons. The van der Waals surface area contributed by atoms with E-state index >= 15 is 0 Å². The molecule has 1 saturated heterocycles. The van der Waals surface area contributed by atoms with E-state index in [1.54, 1.807) is 6.08 Å². The topological polar surface area (TPSA) is 175 Å². The number of unbranched alkanes of at least 4 members (excludes halogenated alkanes) is 44. The van der Waals surface area contributed by atoms with Gasteiger partial charge in [0.2, 0.25) is 5.91 Å². The largest absolute Gasteiger partial charge is 0.466 e. The predicted molar refractivity (Wildman–Crippen MR) is 315 cm³/mol. The zero-order chi connectivity index (χ0) is 55.2. The van der Waals surface area contributed by atoms with Crippen LogP contribution in [0.5, 0.6) is 0 Å². The smallest absolute Gasteiger partial charge is 0.305 e. The second-order valence-corrected chi connectivity index (χ2v) is 23.2. The number of hydrogen-bond acceptors (Lipinski definition) is 10. The molecule has 7 unspecified atom stereocenters. The second kappa shape index (κ2) is 55.3. The van der Waals surface area contributed by atoms with E-state index in [2.05, 4.69) is 19.2 Å². The molecule has 0 spiro atoms. The highest BCUT2D eigenvalue weighted by Crippen LogP contribution is 2.23. The number of nitrogens with one attached hydrogen (secondary N) is 1. The number of aliphatic hydroxyl groups excluding tert-OH is 5. The predicted octanol–water partition coefficient (Wildman–Crippen LogP) is 15.9.